The summed E-state index contributed by atoms with van der Waals surface area (Å²) in [5, 5.41) is 23.2. The van der Waals surface area contributed by atoms with Crippen molar-refractivity contribution in [1.29, 1.82) is 0 Å². The minimum atomic E-state index is -0.603. The molecule has 8 heteroatoms. The summed E-state index contributed by atoms with van der Waals surface area (Å²) in [5.41, 5.74) is 0. The molecule has 0 aromatic carbocycles. The molecule has 0 radical (unpaired) electrons. The molecule has 1 aromatic rings. The third-order valence-corrected chi connectivity index (χ3v) is 3.98. The number of nitrogens with one attached hydrogen (secondary N) is 1. The van der Waals surface area contributed by atoms with E-state index in [-0.39, 0.29) is 17.0 Å². The summed E-state index contributed by atoms with van der Waals surface area (Å²) in [4.78, 5) is 23.9. The number of hydrogen-bond acceptors (Lipinski definition) is 6. The molecular formula is C10H13N3O4S. The van der Waals surface area contributed by atoms with Crippen molar-refractivity contribution in [2.45, 2.75) is 12.1 Å². The summed E-state index contributed by atoms with van der Waals surface area (Å²) in [5.74, 6) is -0.305. The van der Waals surface area contributed by atoms with Gasteiger partial charge in [-0.25, -0.2) is 0 Å². The molecule has 1 aromatic heterocycles. The van der Waals surface area contributed by atoms with E-state index < -0.39 is 11.0 Å². The molecule has 2 atom stereocenters. The highest BCUT2D eigenvalue weighted by atomic mass is 32.1. The average Bonchev–Trinajstić information content (AvgIpc) is 2.95. The number of rotatable bonds is 3. The summed E-state index contributed by atoms with van der Waals surface area (Å²) < 4.78 is 0. The van der Waals surface area contributed by atoms with E-state index in [0.29, 0.717) is 18.0 Å². The van der Waals surface area contributed by atoms with E-state index in [1.165, 1.54) is 17.0 Å². The Kier molecular flexibility index (Phi) is 3.60. The number of β-amino-alcohol motifs (C(OH)–C–C–N with tert-alkyl or cyclic N) is 1. The Bertz CT molecular complexity index is 475. The molecule has 1 amide bonds. The first-order valence-corrected chi connectivity index (χ1v) is 6.22. The van der Waals surface area contributed by atoms with Gasteiger partial charge in [0, 0.05) is 26.2 Å². The van der Waals surface area contributed by atoms with Gasteiger partial charge in [0.25, 0.3) is 5.91 Å². The molecule has 0 spiro atoms. The molecule has 0 aliphatic carbocycles. The highest BCUT2D eigenvalue weighted by Gasteiger charge is 2.32. The van der Waals surface area contributed by atoms with Gasteiger partial charge in [-0.3, -0.25) is 14.9 Å². The zero-order valence-corrected chi connectivity index (χ0v) is 10.5. The summed E-state index contributed by atoms with van der Waals surface area (Å²) in [6.45, 7) is 0.976. The minimum absolute atomic E-state index is 0.0585. The Morgan fingerprint density at radius 2 is 2.33 bits per heavy atom. The first-order valence-electron chi connectivity index (χ1n) is 5.41. The zero-order valence-electron chi connectivity index (χ0n) is 9.70. The third kappa shape index (κ3) is 2.35. The largest absolute Gasteiger partial charge is 0.390 e. The SMILES string of the molecule is CN(C(=O)c1ccc([N+](=O)[O-])s1)[C@H]1CNC[C@@H]1O. The molecule has 18 heavy (non-hydrogen) atoms. The van der Waals surface area contributed by atoms with Crippen LogP contribution in [0.15, 0.2) is 12.1 Å². The van der Waals surface area contributed by atoms with Gasteiger partial charge in [-0.05, 0) is 6.07 Å². The Balaban J connectivity index is 2.12. The lowest BCUT2D eigenvalue weighted by atomic mass is 10.2. The van der Waals surface area contributed by atoms with Crippen molar-refractivity contribution in [3.05, 3.63) is 27.1 Å². The lowest BCUT2D eigenvalue weighted by Gasteiger charge is -2.25. The van der Waals surface area contributed by atoms with Gasteiger partial charge in [0.05, 0.1) is 21.9 Å². The molecule has 98 valence electrons. The normalized spacial score (nSPS) is 23.0. The van der Waals surface area contributed by atoms with E-state index in [2.05, 4.69) is 5.32 Å². The van der Waals surface area contributed by atoms with Crippen LogP contribution in [0.2, 0.25) is 0 Å². The molecule has 2 heterocycles. The molecule has 2 N–H and O–H groups in total. The van der Waals surface area contributed by atoms with E-state index >= 15 is 0 Å². The van der Waals surface area contributed by atoms with E-state index in [4.69, 9.17) is 0 Å². The van der Waals surface area contributed by atoms with Crippen molar-refractivity contribution in [2.75, 3.05) is 20.1 Å². The number of amides is 1. The van der Waals surface area contributed by atoms with Gasteiger partial charge >= 0.3 is 5.00 Å². The Hall–Kier alpha value is -1.51. The quantitative estimate of drug-likeness (QED) is 0.598. The molecule has 1 aliphatic rings. The van der Waals surface area contributed by atoms with Crippen molar-refractivity contribution >= 4 is 22.2 Å². The van der Waals surface area contributed by atoms with Crippen LogP contribution < -0.4 is 5.32 Å². The smallest absolute Gasteiger partial charge is 0.324 e. The van der Waals surface area contributed by atoms with Gasteiger partial charge in [0.1, 0.15) is 0 Å². The molecule has 0 unspecified atom stereocenters. The Labute approximate surface area is 107 Å². The summed E-state index contributed by atoms with van der Waals surface area (Å²) in [6.07, 6.45) is -0.603. The van der Waals surface area contributed by atoms with Gasteiger partial charge in [0.2, 0.25) is 0 Å². The number of carbonyl (C=O) groups is 1. The number of carbonyl (C=O) groups excluding carboxylic acids is 1. The first kappa shape index (κ1) is 12.9. The van der Waals surface area contributed by atoms with Crippen molar-refractivity contribution in [3.8, 4) is 0 Å². The Morgan fingerprint density at radius 3 is 2.83 bits per heavy atom. The van der Waals surface area contributed by atoms with Crippen LogP contribution in [0, 0.1) is 10.1 Å². The third-order valence-electron chi connectivity index (χ3n) is 2.95. The van der Waals surface area contributed by atoms with Gasteiger partial charge in [-0.1, -0.05) is 11.3 Å². The first-order chi connectivity index (χ1) is 8.50. The maximum absolute atomic E-state index is 12.1. The van der Waals surface area contributed by atoms with E-state index in [1.807, 2.05) is 0 Å². The van der Waals surface area contributed by atoms with Gasteiger partial charge in [-0.2, -0.15) is 0 Å². The van der Waals surface area contributed by atoms with Gasteiger partial charge < -0.3 is 15.3 Å². The van der Waals surface area contributed by atoms with Crippen LogP contribution in [0.25, 0.3) is 0 Å². The van der Waals surface area contributed by atoms with Crippen LogP contribution in [0.1, 0.15) is 9.67 Å². The lowest BCUT2D eigenvalue weighted by Crippen LogP contribution is -2.44. The topological polar surface area (TPSA) is 95.7 Å². The molecule has 1 saturated heterocycles. The zero-order chi connectivity index (χ0) is 13.3. The van der Waals surface area contributed by atoms with Crippen LogP contribution in [0.4, 0.5) is 5.00 Å². The summed E-state index contributed by atoms with van der Waals surface area (Å²) in [6, 6.07) is 2.46. The van der Waals surface area contributed by atoms with Gasteiger partial charge in [0.15, 0.2) is 0 Å². The predicted molar refractivity (Wildman–Crippen MR) is 65.7 cm³/mol. The molecule has 7 nitrogen and oxygen atoms in total. The highest BCUT2D eigenvalue weighted by Crippen LogP contribution is 2.25. The van der Waals surface area contributed by atoms with Gasteiger partial charge in [-0.15, -0.1) is 0 Å². The summed E-state index contributed by atoms with van der Waals surface area (Å²) in [7, 11) is 1.59. The standard InChI is InChI=1S/C10H13N3O4S/c1-12(6-4-11-5-7(6)14)10(15)8-2-3-9(18-8)13(16)17/h2-3,6-7,11,14H,4-5H2,1H3/t6-,7-/m0/s1. The maximum Gasteiger partial charge on any atom is 0.324 e. The van der Waals surface area contributed by atoms with Crippen LogP contribution in [-0.2, 0) is 0 Å². The number of aliphatic hydroxyl groups excluding tert-OH is 1. The van der Waals surface area contributed by atoms with Crippen LogP contribution in [0.3, 0.4) is 0 Å². The van der Waals surface area contributed by atoms with E-state index in [1.54, 1.807) is 7.05 Å². The second-order valence-corrected chi connectivity index (χ2v) is 5.17. The second-order valence-electron chi connectivity index (χ2n) is 4.10. The highest BCUT2D eigenvalue weighted by molar-refractivity contribution is 7.17. The number of likely N-dealkylation sites (N-methyl/N-ethyl adjacent to an activating group) is 1. The van der Waals surface area contributed by atoms with Crippen LogP contribution >= 0.6 is 11.3 Å². The molecule has 1 aliphatic heterocycles. The number of nitro groups is 1. The minimum Gasteiger partial charge on any atom is -0.390 e. The van der Waals surface area contributed by atoms with Crippen molar-refractivity contribution in [3.63, 3.8) is 0 Å². The number of aliphatic hydroxyl groups is 1. The predicted octanol–water partition coefficient (Wildman–Crippen LogP) is 0.0610. The van der Waals surface area contributed by atoms with E-state index in [0.717, 1.165) is 11.3 Å². The van der Waals surface area contributed by atoms with Crippen molar-refractivity contribution in [1.82, 2.24) is 10.2 Å². The molecule has 1 fully saturated rings. The summed E-state index contributed by atoms with van der Waals surface area (Å²) >= 11 is 0.845. The fourth-order valence-electron chi connectivity index (χ4n) is 1.91. The van der Waals surface area contributed by atoms with Crippen LogP contribution in [-0.4, -0.2) is 53.1 Å². The Morgan fingerprint density at radius 1 is 1.61 bits per heavy atom. The molecular weight excluding hydrogens is 258 g/mol. The van der Waals surface area contributed by atoms with E-state index in [9.17, 15) is 20.0 Å². The fourth-order valence-corrected chi connectivity index (χ4v) is 2.71. The molecule has 0 saturated carbocycles. The van der Waals surface area contributed by atoms with Crippen LogP contribution in [0.5, 0.6) is 0 Å². The fraction of sp³-hybridized carbons (Fsp3) is 0.500. The average molecular weight is 271 g/mol. The molecule has 2 rings (SSSR count). The number of thiophene rings is 1. The lowest BCUT2D eigenvalue weighted by molar-refractivity contribution is -0.380. The molecule has 0 bridgehead atoms. The number of hydrogen-bond donors (Lipinski definition) is 2. The van der Waals surface area contributed by atoms with Crippen molar-refractivity contribution < 1.29 is 14.8 Å². The second kappa shape index (κ2) is 5.01. The van der Waals surface area contributed by atoms with Crippen molar-refractivity contribution in [2.24, 2.45) is 0 Å². The monoisotopic (exact) mass is 271 g/mol. The maximum atomic E-state index is 12.1. The number of nitrogens with zero attached hydrogens (tertiary/aromatic N) is 2.